The summed E-state index contributed by atoms with van der Waals surface area (Å²) in [6.45, 7) is 0.631. The van der Waals surface area contributed by atoms with Crippen LogP contribution in [0, 0.1) is 6.92 Å². The summed E-state index contributed by atoms with van der Waals surface area (Å²) in [5, 5.41) is 0. The number of hydrogen-bond acceptors (Lipinski definition) is 4. The van der Waals surface area contributed by atoms with Crippen molar-refractivity contribution in [3.05, 3.63) is 22.9 Å². The number of nitrogens with two attached hydrogens (primary N) is 1. The van der Waals surface area contributed by atoms with Gasteiger partial charge in [0.25, 0.3) is 5.91 Å². The molecule has 1 aliphatic rings. The Morgan fingerprint density at radius 1 is 1.15 bits per heavy atom. The highest BCUT2D eigenvalue weighted by Gasteiger charge is 2.36. The van der Waals surface area contributed by atoms with Crippen molar-refractivity contribution in [2.45, 2.75) is 25.7 Å². The lowest BCUT2D eigenvalue weighted by Gasteiger charge is -2.26. The number of hydrogen-bond donors (Lipinski definition) is 1. The summed E-state index contributed by atoms with van der Waals surface area (Å²) in [6, 6.07) is 0. The zero-order valence-corrected chi connectivity index (χ0v) is 13.9. The smallest absolute Gasteiger partial charge is 0.365 e. The minimum absolute atomic E-state index is 0.0307. The van der Waals surface area contributed by atoms with Crippen molar-refractivity contribution in [2.75, 3.05) is 37.6 Å². The third kappa shape index (κ3) is 4.77. The van der Waals surface area contributed by atoms with Crippen molar-refractivity contribution in [1.29, 1.82) is 0 Å². The predicted molar refractivity (Wildman–Crippen MR) is 81.8 cm³/mol. The number of primary amides is 1. The van der Waals surface area contributed by atoms with Gasteiger partial charge < -0.3 is 10.6 Å². The van der Waals surface area contributed by atoms with E-state index in [0.717, 1.165) is 6.92 Å². The van der Waals surface area contributed by atoms with Gasteiger partial charge in [0, 0.05) is 32.4 Å². The number of anilines is 1. The van der Waals surface area contributed by atoms with E-state index < -0.39 is 30.4 Å². The molecule has 5 nitrogen and oxygen atoms in total. The maximum absolute atomic E-state index is 13.0. The summed E-state index contributed by atoms with van der Waals surface area (Å²) in [4.78, 5) is 18.2. The topological polar surface area (TPSA) is 62.5 Å². The molecule has 0 atom stereocenters. The van der Waals surface area contributed by atoms with Gasteiger partial charge in [0.05, 0.1) is 17.7 Å². The minimum atomic E-state index is -4.69. The molecular weight excluding hydrogens is 366 g/mol. The molecule has 1 saturated heterocycles. The lowest BCUT2D eigenvalue weighted by Crippen LogP contribution is -2.37. The second-order valence-corrected chi connectivity index (χ2v) is 6.09. The lowest BCUT2D eigenvalue weighted by molar-refractivity contribution is -0.145. The van der Waals surface area contributed by atoms with Gasteiger partial charge in [-0.05, 0) is 18.9 Å². The normalized spacial score (nSPS) is 17.3. The van der Waals surface area contributed by atoms with Gasteiger partial charge in [0.15, 0.2) is 0 Å². The van der Waals surface area contributed by atoms with E-state index in [1.165, 1.54) is 9.80 Å². The van der Waals surface area contributed by atoms with Crippen molar-refractivity contribution >= 4 is 11.7 Å². The monoisotopic (exact) mass is 384 g/mol. The Kier molecular flexibility index (Phi) is 5.69. The Labute approximate surface area is 145 Å². The van der Waals surface area contributed by atoms with E-state index in [-0.39, 0.29) is 43.1 Å². The van der Waals surface area contributed by atoms with Crippen LogP contribution in [0.3, 0.4) is 0 Å². The summed E-state index contributed by atoms with van der Waals surface area (Å²) < 4.78 is 76.7. The first-order chi connectivity index (χ1) is 11.9. The van der Waals surface area contributed by atoms with Crippen molar-refractivity contribution in [1.82, 2.24) is 9.88 Å². The number of nitrogens with zero attached hydrogens (tertiary/aromatic N) is 3. The van der Waals surface area contributed by atoms with Gasteiger partial charge in [-0.15, -0.1) is 0 Å². The number of carbonyl (C=O) groups is 1. The van der Waals surface area contributed by atoms with Crippen LogP contribution in [0.5, 0.6) is 0 Å². The van der Waals surface area contributed by atoms with Crippen molar-refractivity contribution in [3.8, 4) is 0 Å². The first-order valence-corrected chi connectivity index (χ1v) is 7.81. The fourth-order valence-electron chi connectivity index (χ4n) is 3.00. The highest BCUT2D eigenvalue weighted by atomic mass is 19.4. The van der Waals surface area contributed by atoms with Crippen molar-refractivity contribution in [2.24, 2.45) is 5.73 Å². The SMILES string of the molecule is Cc1c(C(F)(F)F)cnc(N2CCCN(CC(F)(F)F)CC2)c1C(N)=O. The van der Waals surface area contributed by atoms with Gasteiger partial charge in [-0.3, -0.25) is 9.69 Å². The molecular formula is C15H18F6N4O. The van der Waals surface area contributed by atoms with Gasteiger partial charge in [0.2, 0.25) is 0 Å². The molecule has 26 heavy (non-hydrogen) atoms. The Morgan fingerprint density at radius 3 is 2.35 bits per heavy atom. The Hall–Kier alpha value is -2.04. The number of halogens is 6. The number of rotatable bonds is 3. The third-order valence-corrected chi connectivity index (χ3v) is 4.16. The van der Waals surface area contributed by atoms with Crippen LogP contribution in [0.25, 0.3) is 0 Å². The van der Waals surface area contributed by atoms with Crippen LogP contribution >= 0.6 is 0 Å². The highest BCUT2D eigenvalue weighted by Crippen LogP contribution is 2.35. The molecule has 2 N–H and O–H groups in total. The molecule has 2 heterocycles. The van der Waals surface area contributed by atoms with E-state index in [1.807, 2.05) is 0 Å². The van der Waals surface area contributed by atoms with Crippen LogP contribution in [-0.4, -0.2) is 54.7 Å². The highest BCUT2D eigenvalue weighted by molar-refractivity contribution is 5.99. The summed E-state index contributed by atoms with van der Waals surface area (Å²) in [7, 11) is 0. The number of carbonyl (C=O) groups excluding carboxylic acids is 1. The van der Waals surface area contributed by atoms with Crippen molar-refractivity contribution < 1.29 is 31.1 Å². The molecule has 2 rings (SSSR count). The zero-order chi connectivity index (χ0) is 19.7. The predicted octanol–water partition coefficient (Wildman–Crippen LogP) is 2.58. The van der Waals surface area contributed by atoms with Gasteiger partial charge in [-0.25, -0.2) is 4.98 Å². The lowest BCUT2D eigenvalue weighted by atomic mass is 10.0. The molecule has 0 aliphatic carbocycles. The largest absolute Gasteiger partial charge is 0.418 e. The van der Waals surface area contributed by atoms with Crippen LogP contribution < -0.4 is 10.6 Å². The molecule has 1 aromatic heterocycles. The van der Waals surface area contributed by atoms with Crippen LogP contribution in [0.4, 0.5) is 32.2 Å². The molecule has 0 spiro atoms. The fraction of sp³-hybridized carbons (Fsp3) is 0.600. The Morgan fingerprint density at radius 2 is 1.81 bits per heavy atom. The maximum atomic E-state index is 13.0. The summed E-state index contributed by atoms with van der Waals surface area (Å²) >= 11 is 0. The molecule has 1 aromatic rings. The van der Waals surface area contributed by atoms with E-state index in [9.17, 15) is 31.1 Å². The molecule has 1 fully saturated rings. The van der Waals surface area contributed by atoms with Crippen molar-refractivity contribution in [3.63, 3.8) is 0 Å². The van der Waals surface area contributed by atoms with Crippen LogP contribution in [0.2, 0.25) is 0 Å². The van der Waals surface area contributed by atoms with Crippen LogP contribution in [0.15, 0.2) is 6.20 Å². The van der Waals surface area contributed by atoms with E-state index in [4.69, 9.17) is 5.73 Å². The van der Waals surface area contributed by atoms with E-state index in [2.05, 4.69) is 4.98 Å². The summed E-state index contributed by atoms with van der Waals surface area (Å²) in [6.07, 6.45) is -8.07. The molecule has 11 heteroatoms. The number of aromatic nitrogens is 1. The molecule has 0 aromatic carbocycles. The van der Waals surface area contributed by atoms with E-state index >= 15 is 0 Å². The van der Waals surface area contributed by atoms with E-state index in [1.54, 1.807) is 0 Å². The van der Waals surface area contributed by atoms with Crippen LogP contribution in [-0.2, 0) is 6.18 Å². The van der Waals surface area contributed by atoms with Crippen LogP contribution in [0.1, 0.15) is 27.9 Å². The molecule has 0 radical (unpaired) electrons. The Bertz CT molecular complexity index is 673. The molecule has 0 unspecified atom stereocenters. The fourth-order valence-corrected chi connectivity index (χ4v) is 3.00. The number of pyridine rings is 1. The Balaban J connectivity index is 2.31. The summed E-state index contributed by atoms with van der Waals surface area (Å²) in [5.74, 6) is -1.09. The molecule has 1 aliphatic heterocycles. The zero-order valence-electron chi connectivity index (χ0n) is 13.9. The molecule has 146 valence electrons. The quantitative estimate of drug-likeness (QED) is 0.814. The minimum Gasteiger partial charge on any atom is -0.365 e. The number of amides is 1. The average molecular weight is 384 g/mol. The first kappa shape index (κ1) is 20.3. The molecule has 0 bridgehead atoms. The second kappa shape index (κ2) is 7.29. The third-order valence-electron chi connectivity index (χ3n) is 4.16. The number of alkyl halides is 6. The maximum Gasteiger partial charge on any atom is 0.418 e. The second-order valence-electron chi connectivity index (χ2n) is 6.09. The molecule has 0 saturated carbocycles. The standard InChI is InChI=1S/C15H18F6N4O/c1-9-10(15(19,20)21)7-23-13(11(9)12(22)26)25-4-2-3-24(5-6-25)8-14(16,17)18/h7H,2-6,8H2,1H3,(H2,22,26). The average Bonchev–Trinajstić information content (AvgIpc) is 2.68. The van der Waals surface area contributed by atoms with Gasteiger partial charge in [0.1, 0.15) is 5.82 Å². The first-order valence-electron chi connectivity index (χ1n) is 7.81. The molecule has 1 amide bonds. The summed E-state index contributed by atoms with van der Waals surface area (Å²) in [5.41, 5.74) is 3.49. The van der Waals surface area contributed by atoms with E-state index in [0.29, 0.717) is 12.6 Å². The van der Waals surface area contributed by atoms with Gasteiger partial charge in [-0.1, -0.05) is 0 Å². The van der Waals surface area contributed by atoms with Gasteiger partial charge >= 0.3 is 12.4 Å². The van der Waals surface area contributed by atoms with Gasteiger partial charge in [-0.2, -0.15) is 26.3 Å².